The molecule has 4 aromatic rings. The van der Waals surface area contributed by atoms with Crippen molar-refractivity contribution in [2.75, 3.05) is 6.61 Å². The molecule has 0 bridgehead atoms. The maximum absolute atomic E-state index is 13.2. The van der Waals surface area contributed by atoms with Gasteiger partial charge in [0, 0.05) is 29.9 Å². The van der Waals surface area contributed by atoms with Gasteiger partial charge >= 0.3 is 5.97 Å². The number of ether oxygens (including phenoxy) is 1. The van der Waals surface area contributed by atoms with E-state index in [1.807, 2.05) is 46.5 Å². The van der Waals surface area contributed by atoms with Gasteiger partial charge in [0.05, 0.1) is 12.3 Å². The molecule has 31 heavy (non-hydrogen) atoms. The predicted octanol–water partition coefficient (Wildman–Crippen LogP) is 5.30. The molecule has 0 spiro atoms. The second-order valence-corrected chi connectivity index (χ2v) is 7.59. The summed E-state index contributed by atoms with van der Waals surface area (Å²) in [6, 6.07) is 16.1. The van der Waals surface area contributed by atoms with Crippen LogP contribution in [0.3, 0.4) is 0 Å². The lowest BCUT2D eigenvalue weighted by Crippen LogP contribution is -2.12. The zero-order chi connectivity index (χ0) is 21.6. The quantitative estimate of drug-likeness (QED) is 0.293. The van der Waals surface area contributed by atoms with Gasteiger partial charge in [0.15, 0.2) is 0 Å². The third-order valence-corrected chi connectivity index (χ3v) is 5.46. The number of nitrogens with zero attached hydrogens (tertiary/aromatic N) is 3. The van der Waals surface area contributed by atoms with E-state index in [1.165, 1.54) is 23.5 Å². The van der Waals surface area contributed by atoms with Crippen LogP contribution in [-0.2, 0) is 16.1 Å². The molecular weight excluding hydrogens is 413 g/mol. The lowest BCUT2D eigenvalue weighted by Gasteiger charge is -2.10. The SMILES string of the molecule is CCOC(=O)/C(=C/c1csc(-c2ccc(F)cc2)n1)c1nccn1Cc1ccccc1. The van der Waals surface area contributed by atoms with Gasteiger partial charge in [-0.25, -0.2) is 19.2 Å². The Morgan fingerprint density at radius 2 is 1.94 bits per heavy atom. The summed E-state index contributed by atoms with van der Waals surface area (Å²) < 4.78 is 20.4. The molecule has 156 valence electrons. The van der Waals surface area contributed by atoms with E-state index < -0.39 is 5.97 Å². The first-order valence-electron chi connectivity index (χ1n) is 9.79. The number of carbonyl (C=O) groups excluding carboxylic acids is 1. The van der Waals surface area contributed by atoms with E-state index in [4.69, 9.17) is 4.74 Å². The highest BCUT2D eigenvalue weighted by atomic mass is 32.1. The second kappa shape index (κ2) is 9.49. The first kappa shape index (κ1) is 20.7. The fourth-order valence-corrected chi connectivity index (χ4v) is 3.89. The van der Waals surface area contributed by atoms with Gasteiger partial charge in [-0.05, 0) is 42.8 Å². The average Bonchev–Trinajstić information content (AvgIpc) is 3.43. The molecule has 0 aliphatic carbocycles. The van der Waals surface area contributed by atoms with Crippen molar-refractivity contribution in [3.63, 3.8) is 0 Å². The van der Waals surface area contributed by atoms with Crippen LogP contribution < -0.4 is 0 Å². The molecule has 0 fully saturated rings. The summed E-state index contributed by atoms with van der Waals surface area (Å²) in [5, 5.41) is 2.59. The molecule has 0 aliphatic heterocycles. The van der Waals surface area contributed by atoms with Crippen molar-refractivity contribution in [2.45, 2.75) is 13.5 Å². The minimum atomic E-state index is -0.459. The molecule has 0 amide bonds. The summed E-state index contributed by atoms with van der Waals surface area (Å²) in [6.45, 7) is 2.60. The van der Waals surface area contributed by atoms with Crippen LogP contribution in [0.25, 0.3) is 22.2 Å². The van der Waals surface area contributed by atoms with E-state index in [0.29, 0.717) is 23.6 Å². The number of rotatable bonds is 7. The van der Waals surface area contributed by atoms with E-state index in [9.17, 15) is 9.18 Å². The number of esters is 1. The van der Waals surface area contributed by atoms with Crippen molar-refractivity contribution in [3.8, 4) is 10.6 Å². The van der Waals surface area contributed by atoms with Gasteiger partial charge in [0.25, 0.3) is 0 Å². The van der Waals surface area contributed by atoms with Gasteiger partial charge in [-0.1, -0.05) is 30.3 Å². The standard InChI is InChI=1S/C24H20FN3O2S/c1-2-30-24(29)21(22-26-12-13-28(22)15-17-6-4-3-5-7-17)14-20-16-31-23(27-20)18-8-10-19(25)11-9-18/h3-14,16H,2,15H2,1H3/b21-14+. The van der Waals surface area contributed by atoms with Crippen LogP contribution in [0.5, 0.6) is 0 Å². The molecule has 2 aromatic carbocycles. The number of hydrogen-bond donors (Lipinski definition) is 0. The molecule has 7 heteroatoms. The van der Waals surface area contributed by atoms with Gasteiger partial charge in [-0.2, -0.15) is 0 Å². The maximum atomic E-state index is 13.2. The first-order chi connectivity index (χ1) is 15.1. The Kier molecular flexibility index (Phi) is 6.33. The van der Waals surface area contributed by atoms with Crippen molar-refractivity contribution in [2.24, 2.45) is 0 Å². The molecule has 4 rings (SSSR count). The van der Waals surface area contributed by atoms with Crippen LogP contribution >= 0.6 is 11.3 Å². The van der Waals surface area contributed by atoms with Crippen LogP contribution in [-0.4, -0.2) is 27.1 Å². The van der Waals surface area contributed by atoms with Crippen LogP contribution in [0.1, 0.15) is 24.0 Å². The second-order valence-electron chi connectivity index (χ2n) is 6.73. The normalized spacial score (nSPS) is 11.5. The number of benzene rings is 2. The van der Waals surface area contributed by atoms with E-state index in [2.05, 4.69) is 9.97 Å². The van der Waals surface area contributed by atoms with Gasteiger partial charge in [0.1, 0.15) is 22.2 Å². The minimum Gasteiger partial charge on any atom is -0.462 e. The number of aromatic nitrogens is 3. The zero-order valence-electron chi connectivity index (χ0n) is 16.9. The van der Waals surface area contributed by atoms with Crippen LogP contribution in [0, 0.1) is 5.82 Å². The van der Waals surface area contributed by atoms with Gasteiger partial charge < -0.3 is 9.30 Å². The Bertz CT molecular complexity index is 1200. The first-order valence-corrected chi connectivity index (χ1v) is 10.7. The smallest absolute Gasteiger partial charge is 0.341 e. The summed E-state index contributed by atoms with van der Waals surface area (Å²) in [5.41, 5.74) is 2.85. The molecule has 0 N–H and O–H groups in total. The summed E-state index contributed by atoms with van der Waals surface area (Å²) in [4.78, 5) is 21.8. The Hall–Kier alpha value is -3.58. The molecule has 0 saturated heterocycles. The third-order valence-electron chi connectivity index (χ3n) is 4.55. The predicted molar refractivity (Wildman–Crippen MR) is 120 cm³/mol. The third kappa shape index (κ3) is 4.95. The van der Waals surface area contributed by atoms with Gasteiger partial charge in [-0.15, -0.1) is 11.3 Å². The van der Waals surface area contributed by atoms with Gasteiger partial charge in [-0.3, -0.25) is 0 Å². The number of hydrogen-bond acceptors (Lipinski definition) is 5. The Balaban J connectivity index is 1.68. The lowest BCUT2D eigenvalue weighted by molar-refractivity contribution is -0.136. The van der Waals surface area contributed by atoms with E-state index in [1.54, 1.807) is 31.3 Å². The zero-order valence-corrected chi connectivity index (χ0v) is 17.7. The summed E-state index contributed by atoms with van der Waals surface area (Å²) >= 11 is 1.42. The van der Waals surface area contributed by atoms with Crippen molar-refractivity contribution in [1.82, 2.24) is 14.5 Å². The summed E-state index contributed by atoms with van der Waals surface area (Å²) in [7, 11) is 0. The fourth-order valence-electron chi connectivity index (χ4n) is 3.11. The van der Waals surface area contributed by atoms with Crippen LogP contribution in [0.15, 0.2) is 72.4 Å². The molecule has 0 unspecified atom stereocenters. The molecule has 0 radical (unpaired) electrons. The molecule has 2 aromatic heterocycles. The van der Waals surface area contributed by atoms with Crippen molar-refractivity contribution in [3.05, 3.63) is 95.3 Å². The molecular formula is C24H20FN3O2S. The number of thiazole rings is 1. The molecule has 5 nitrogen and oxygen atoms in total. The molecule has 0 saturated carbocycles. The fraction of sp³-hybridized carbons (Fsp3) is 0.125. The molecule has 0 atom stereocenters. The van der Waals surface area contributed by atoms with E-state index in [-0.39, 0.29) is 12.4 Å². The van der Waals surface area contributed by atoms with Crippen LogP contribution in [0.4, 0.5) is 4.39 Å². The van der Waals surface area contributed by atoms with Crippen molar-refractivity contribution < 1.29 is 13.9 Å². The molecule has 2 heterocycles. The molecule has 0 aliphatic rings. The van der Waals surface area contributed by atoms with Crippen molar-refractivity contribution in [1.29, 1.82) is 0 Å². The Morgan fingerprint density at radius 1 is 1.16 bits per heavy atom. The number of carbonyl (C=O) groups is 1. The highest BCUT2D eigenvalue weighted by Gasteiger charge is 2.19. The van der Waals surface area contributed by atoms with Gasteiger partial charge in [0.2, 0.25) is 0 Å². The minimum absolute atomic E-state index is 0.257. The topological polar surface area (TPSA) is 57.0 Å². The lowest BCUT2D eigenvalue weighted by atomic mass is 10.2. The monoisotopic (exact) mass is 433 g/mol. The van der Waals surface area contributed by atoms with Crippen molar-refractivity contribution >= 4 is 29.0 Å². The average molecular weight is 434 g/mol. The Labute approximate surface area is 183 Å². The maximum Gasteiger partial charge on any atom is 0.341 e. The number of imidazole rings is 1. The summed E-state index contributed by atoms with van der Waals surface area (Å²) in [6.07, 6.45) is 5.18. The summed E-state index contributed by atoms with van der Waals surface area (Å²) in [5.74, 6) is -0.242. The Morgan fingerprint density at radius 3 is 2.68 bits per heavy atom. The largest absolute Gasteiger partial charge is 0.462 e. The van der Waals surface area contributed by atoms with E-state index >= 15 is 0 Å². The van der Waals surface area contributed by atoms with Crippen LogP contribution in [0.2, 0.25) is 0 Å². The highest BCUT2D eigenvalue weighted by molar-refractivity contribution is 7.13. The van der Waals surface area contributed by atoms with E-state index in [0.717, 1.165) is 16.1 Å². The highest BCUT2D eigenvalue weighted by Crippen LogP contribution is 2.27. The number of halogens is 1.